The molecule has 0 saturated carbocycles. The molecule has 3 aromatic rings. The van der Waals surface area contributed by atoms with Gasteiger partial charge in [-0.3, -0.25) is 9.78 Å². The molecule has 3 rings (SSSR count). The van der Waals surface area contributed by atoms with Crippen molar-refractivity contribution >= 4 is 22.9 Å². The van der Waals surface area contributed by atoms with E-state index in [0.717, 1.165) is 27.5 Å². The first-order valence-corrected chi connectivity index (χ1v) is 8.30. The van der Waals surface area contributed by atoms with Crippen LogP contribution in [0.5, 0.6) is 0 Å². The third-order valence-corrected chi connectivity index (χ3v) is 4.29. The van der Waals surface area contributed by atoms with Crippen LogP contribution in [0.25, 0.3) is 11.3 Å². The number of thiazole rings is 1. The third kappa shape index (κ3) is 4.23. The van der Waals surface area contributed by atoms with Crippen molar-refractivity contribution in [2.24, 2.45) is 0 Å². The van der Waals surface area contributed by atoms with Gasteiger partial charge in [0.25, 0.3) is 0 Å². The number of hydrogen-bond acceptors (Lipinski definition) is 4. The molecule has 1 aromatic carbocycles. The van der Waals surface area contributed by atoms with Crippen LogP contribution < -0.4 is 5.32 Å². The monoisotopic (exact) mass is 323 g/mol. The fourth-order valence-electron chi connectivity index (χ4n) is 2.24. The quantitative estimate of drug-likeness (QED) is 0.769. The van der Waals surface area contributed by atoms with Gasteiger partial charge >= 0.3 is 0 Å². The van der Waals surface area contributed by atoms with Gasteiger partial charge in [-0.25, -0.2) is 4.98 Å². The first-order chi connectivity index (χ1) is 11.2. The van der Waals surface area contributed by atoms with Crippen LogP contribution in [0.15, 0.2) is 54.2 Å². The molecule has 2 aromatic heterocycles. The second-order valence-corrected chi connectivity index (χ2v) is 6.23. The zero-order chi connectivity index (χ0) is 16.1. The molecule has 0 spiro atoms. The molecule has 2 heterocycles. The molecule has 1 N–H and O–H groups in total. The second-order valence-electron chi connectivity index (χ2n) is 5.29. The molecule has 0 unspecified atom stereocenters. The Hall–Kier alpha value is -2.53. The van der Waals surface area contributed by atoms with E-state index in [9.17, 15) is 4.79 Å². The average molecular weight is 323 g/mol. The standard InChI is InChI=1S/C18H17N3OS/c1-13-4-2-6-15(10-13)20-17(22)7-8-18-21-16(12-23-18)14-5-3-9-19-11-14/h2-6,9-12H,7-8H2,1H3,(H,20,22). The molecule has 0 fully saturated rings. The number of amides is 1. The smallest absolute Gasteiger partial charge is 0.224 e. The van der Waals surface area contributed by atoms with Crippen LogP contribution in [0.4, 0.5) is 5.69 Å². The van der Waals surface area contributed by atoms with Crippen molar-refractivity contribution in [3.8, 4) is 11.3 Å². The Bertz CT molecular complexity index is 799. The van der Waals surface area contributed by atoms with Crippen LogP contribution in [0, 0.1) is 6.92 Å². The predicted molar refractivity (Wildman–Crippen MR) is 93.5 cm³/mol. The first-order valence-electron chi connectivity index (χ1n) is 7.42. The van der Waals surface area contributed by atoms with Gasteiger partial charge in [0.05, 0.1) is 10.7 Å². The number of aryl methyl sites for hydroxylation is 2. The average Bonchev–Trinajstić information content (AvgIpc) is 3.03. The summed E-state index contributed by atoms with van der Waals surface area (Å²) in [5.74, 6) is 0.00808. The van der Waals surface area contributed by atoms with Crippen LogP contribution >= 0.6 is 11.3 Å². The van der Waals surface area contributed by atoms with Gasteiger partial charge in [0, 0.05) is 41.9 Å². The number of hydrogen-bond donors (Lipinski definition) is 1. The molecule has 0 aliphatic carbocycles. The van der Waals surface area contributed by atoms with Gasteiger partial charge in [0.2, 0.25) is 5.91 Å². The van der Waals surface area contributed by atoms with Gasteiger partial charge in [-0.1, -0.05) is 12.1 Å². The molecule has 5 heteroatoms. The lowest BCUT2D eigenvalue weighted by Crippen LogP contribution is -2.12. The number of pyridine rings is 1. The molecule has 4 nitrogen and oxygen atoms in total. The van der Waals surface area contributed by atoms with Gasteiger partial charge in [-0.2, -0.15) is 0 Å². The van der Waals surface area contributed by atoms with E-state index < -0.39 is 0 Å². The number of benzene rings is 1. The predicted octanol–water partition coefficient (Wildman–Crippen LogP) is 4.08. The SMILES string of the molecule is Cc1cccc(NC(=O)CCc2nc(-c3cccnc3)cs2)c1. The van der Waals surface area contributed by atoms with Gasteiger partial charge in [0.15, 0.2) is 0 Å². The number of nitrogens with one attached hydrogen (secondary N) is 1. The Morgan fingerprint density at radius 1 is 1.26 bits per heavy atom. The van der Waals surface area contributed by atoms with Crippen molar-refractivity contribution in [2.75, 3.05) is 5.32 Å². The summed E-state index contributed by atoms with van der Waals surface area (Å²) in [7, 11) is 0. The molecule has 0 atom stereocenters. The number of rotatable bonds is 5. The number of carbonyl (C=O) groups is 1. The minimum atomic E-state index is 0.00808. The van der Waals surface area contributed by atoms with E-state index in [-0.39, 0.29) is 5.91 Å². The van der Waals surface area contributed by atoms with E-state index in [2.05, 4.69) is 15.3 Å². The summed E-state index contributed by atoms with van der Waals surface area (Å²) in [6, 6.07) is 11.7. The highest BCUT2D eigenvalue weighted by Crippen LogP contribution is 2.21. The fourth-order valence-corrected chi connectivity index (χ4v) is 3.05. The van der Waals surface area contributed by atoms with Gasteiger partial charge in [0.1, 0.15) is 0 Å². The summed E-state index contributed by atoms with van der Waals surface area (Å²) in [6.07, 6.45) is 4.60. The summed E-state index contributed by atoms with van der Waals surface area (Å²) in [6.45, 7) is 2.01. The number of carbonyl (C=O) groups excluding carboxylic acids is 1. The van der Waals surface area contributed by atoms with E-state index in [4.69, 9.17) is 0 Å². The zero-order valence-electron chi connectivity index (χ0n) is 12.8. The Balaban J connectivity index is 1.56. The summed E-state index contributed by atoms with van der Waals surface area (Å²) in [4.78, 5) is 20.7. The Morgan fingerprint density at radius 3 is 2.96 bits per heavy atom. The topological polar surface area (TPSA) is 54.9 Å². The van der Waals surface area contributed by atoms with Crippen molar-refractivity contribution in [3.63, 3.8) is 0 Å². The van der Waals surface area contributed by atoms with E-state index in [0.29, 0.717) is 12.8 Å². The van der Waals surface area contributed by atoms with Crippen molar-refractivity contribution in [1.29, 1.82) is 0 Å². The minimum absolute atomic E-state index is 0.00808. The second kappa shape index (κ2) is 7.15. The van der Waals surface area contributed by atoms with Crippen LogP contribution in [0.1, 0.15) is 17.0 Å². The minimum Gasteiger partial charge on any atom is -0.326 e. The fraction of sp³-hybridized carbons (Fsp3) is 0.167. The van der Waals surface area contributed by atoms with Gasteiger partial charge < -0.3 is 5.32 Å². The molecule has 0 aliphatic heterocycles. The van der Waals surface area contributed by atoms with E-state index in [1.165, 1.54) is 0 Å². The molecule has 0 aliphatic rings. The summed E-state index contributed by atoms with van der Waals surface area (Å²) >= 11 is 1.58. The van der Waals surface area contributed by atoms with Crippen molar-refractivity contribution in [2.45, 2.75) is 19.8 Å². The van der Waals surface area contributed by atoms with Crippen LogP contribution in [-0.4, -0.2) is 15.9 Å². The summed E-state index contributed by atoms with van der Waals surface area (Å²) in [5, 5.41) is 5.89. The van der Waals surface area contributed by atoms with Crippen LogP contribution in [-0.2, 0) is 11.2 Å². The number of nitrogens with zero attached hydrogens (tertiary/aromatic N) is 2. The third-order valence-electron chi connectivity index (χ3n) is 3.38. The lowest BCUT2D eigenvalue weighted by molar-refractivity contribution is -0.116. The van der Waals surface area contributed by atoms with E-state index in [1.807, 2.05) is 48.7 Å². The maximum absolute atomic E-state index is 12.0. The molecule has 116 valence electrons. The lowest BCUT2D eigenvalue weighted by atomic mass is 10.2. The highest BCUT2D eigenvalue weighted by atomic mass is 32.1. The van der Waals surface area contributed by atoms with Crippen LogP contribution in [0.3, 0.4) is 0 Å². The molecule has 0 bridgehead atoms. The highest BCUT2D eigenvalue weighted by molar-refractivity contribution is 7.09. The normalized spacial score (nSPS) is 10.5. The molecular weight excluding hydrogens is 306 g/mol. The summed E-state index contributed by atoms with van der Waals surface area (Å²) in [5.41, 5.74) is 3.88. The first kappa shape index (κ1) is 15.4. The highest BCUT2D eigenvalue weighted by Gasteiger charge is 2.08. The van der Waals surface area contributed by atoms with Gasteiger partial charge in [-0.15, -0.1) is 11.3 Å². The molecule has 0 radical (unpaired) electrons. The molecule has 0 saturated heterocycles. The molecule has 23 heavy (non-hydrogen) atoms. The maximum Gasteiger partial charge on any atom is 0.224 e. The Kier molecular flexibility index (Phi) is 4.78. The lowest BCUT2D eigenvalue weighted by Gasteiger charge is -2.05. The van der Waals surface area contributed by atoms with Crippen LogP contribution in [0.2, 0.25) is 0 Å². The number of anilines is 1. The molecular formula is C18H17N3OS. The molecule has 1 amide bonds. The number of aromatic nitrogens is 2. The Morgan fingerprint density at radius 2 is 2.17 bits per heavy atom. The largest absolute Gasteiger partial charge is 0.326 e. The van der Waals surface area contributed by atoms with Crippen molar-refractivity contribution in [1.82, 2.24) is 9.97 Å². The van der Waals surface area contributed by atoms with Crippen molar-refractivity contribution in [3.05, 3.63) is 64.7 Å². The summed E-state index contributed by atoms with van der Waals surface area (Å²) < 4.78 is 0. The van der Waals surface area contributed by atoms with Gasteiger partial charge in [-0.05, 0) is 36.8 Å². The maximum atomic E-state index is 12.0. The zero-order valence-corrected chi connectivity index (χ0v) is 13.6. The Labute approximate surface area is 139 Å². The van der Waals surface area contributed by atoms with E-state index in [1.54, 1.807) is 23.7 Å². The van der Waals surface area contributed by atoms with E-state index >= 15 is 0 Å². The van der Waals surface area contributed by atoms with Crippen molar-refractivity contribution < 1.29 is 4.79 Å².